The second kappa shape index (κ2) is 8.51. The molecule has 2 heterocycles. The molecule has 0 aliphatic carbocycles. The van der Waals surface area contributed by atoms with Crippen LogP contribution in [0.15, 0.2) is 12.3 Å². The molecule has 1 fully saturated rings. The van der Waals surface area contributed by atoms with E-state index in [2.05, 4.69) is 43.0 Å². The molecule has 21 heavy (non-hydrogen) atoms. The van der Waals surface area contributed by atoms with Crippen LogP contribution < -0.4 is 5.32 Å². The van der Waals surface area contributed by atoms with Crippen molar-refractivity contribution in [1.82, 2.24) is 15.1 Å². The average Bonchev–Trinajstić information content (AvgIpc) is 3.15. The molecule has 1 saturated heterocycles. The molecular weight excluding hydrogens is 266 g/mol. The molecule has 1 aromatic rings. The van der Waals surface area contributed by atoms with Crippen LogP contribution in [0.3, 0.4) is 0 Å². The van der Waals surface area contributed by atoms with Gasteiger partial charge in [-0.2, -0.15) is 5.10 Å². The minimum Gasteiger partial charge on any atom is -0.350 e. The first-order chi connectivity index (χ1) is 10.2. The van der Waals surface area contributed by atoms with Gasteiger partial charge >= 0.3 is 0 Å². The standard InChI is InChI=1S/C16H29N3O2/c1-4-7-17-15(12-16-20-9-10-21-16)11-14-6-8-19(18-14)13(3)5-2/h6,8,13,15-17H,4-5,7,9-12H2,1-3H3. The monoisotopic (exact) mass is 295 g/mol. The zero-order valence-corrected chi connectivity index (χ0v) is 13.5. The Kier molecular flexibility index (Phi) is 6.67. The molecular formula is C16H29N3O2. The maximum Gasteiger partial charge on any atom is 0.159 e. The topological polar surface area (TPSA) is 48.3 Å². The largest absolute Gasteiger partial charge is 0.350 e. The van der Waals surface area contributed by atoms with Gasteiger partial charge in [-0.3, -0.25) is 4.68 Å². The summed E-state index contributed by atoms with van der Waals surface area (Å²) in [6.07, 6.45) is 6.06. The molecule has 120 valence electrons. The third-order valence-corrected chi connectivity index (χ3v) is 4.01. The van der Waals surface area contributed by atoms with Gasteiger partial charge in [-0.1, -0.05) is 13.8 Å². The molecule has 1 aromatic heterocycles. The molecule has 1 N–H and O–H groups in total. The van der Waals surface area contributed by atoms with Crippen LogP contribution in [-0.2, 0) is 15.9 Å². The van der Waals surface area contributed by atoms with E-state index < -0.39 is 0 Å². The van der Waals surface area contributed by atoms with Gasteiger partial charge in [0, 0.05) is 31.1 Å². The van der Waals surface area contributed by atoms with Crippen LogP contribution in [0.2, 0.25) is 0 Å². The fraction of sp³-hybridized carbons (Fsp3) is 0.812. The molecule has 0 saturated carbocycles. The van der Waals surface area contributed by atoms with Gasteiger partial charge in [-0.25, -0.2) is 0 Å². The lowest BCUT2D eigenvalue weighted by Crippen LogP contribution is -2.35. The highest BCUT2D eigenvalue weighted by Crippen LogP contribution is 2.15. The first-order valence-electron chi connectivity index (χ1n) is 8.23. The lowest BCUT2D eigenvalue weighted by Gasteiger charge is -2.20. The SMILES string of the molecule is CCCNC(Cc1ccn(C(C)CC)n1)CC1OCCO1. The molecule has 2 unspecified atom stereocenters. The van der Waals surface area contributed by atoms with E-state index in [4.69, 9.17) is 14.6 Å². The summed E-state index contributed by atoms with van der Waals surface area (Å²) in [5.41, 5.74) is 1.14. The van der Waals surface area contributed by atoms with Crippen molar-refractivity contribution >= 4 is 0 Å². The Morgan fingerprint density at radius 3 is 2.81 bits per heavy atom. The van der Waals surface area contributed by atoms with Crippen LogP contribution in [0.4, 0.5) is 0 Å². The van der Waals surface area contributed by atoms with Crippen LogP contribution in [0.5, 0.6) is 0 Å². The number of nitrogens with zero attached hydrogens (tertiary/aromatic N) is 2. The van der Waals surface area contributed by atoms with E-state index in [1.165, 1.54) is 0 Å². The molecule has 5 heteroatoms. The predicted molar refractivity (Wildman–Crippen MR) is 83.3 cm³/mol. The van der Waals surface area contributed by atoms with Crippen molar-refractivity contribution in [2.75, 3.05) is 19.8 Å². The van der Waals surface area contributed by atoms with E-state index in [0.717, 1.165) is 37.9 Å². The van der Waals surface area contributed by atoms with E-state index in [0.29, 0.717) is 25.3 Å². The fourth-order valence-corrected chi connectivity index (χ4v) is 2.53. The molecule has 0 bridgehead atoms. The normalized spacial score (nSPS) is 19.0. The molecule has 0 aromatic carbocycles. The Bertz CT molecular complexity index is 402. The first kappa shape index (κ1) is 16.5. The van der Waals surface area contributed by atoms with Crippen LogP contribution >= 0.6 is 0 Å². The summed E-state index contributed by atoms with van der Waals surface area (Å²) < 4.78 is 13.2. The van der Waals surface area contributed by atoms with Crippen molar-refractivity contribution in [1.29, 1.82) is 0 Å². The number of rotatable bonds is 9. The van der Waals surface area contributed by atoms with Crippen molar-refractivity contribution in [2.24, 2.45) is 0 Å². The van der Waals surface area contributed by atoms with Crippen LogP contribution in [0, 0.1) is 0 Å². The van der Waals surface area contributed by atoms with Crippen molar-refractivity contribution in [3.63, 3.8) is 0 Å². The van der Waals surface area contributed by atoms with Gasteiger partial charge < -0.3 is 14.8 Å². The summed E-state index contributed by atoms with van der Waals surface area (Å²) in [5.74, 6) is 0. The minimum absolute atomic E-state index is 0.0593. The van der Waals surface area contributed by atoms with Crippen molar-refractivity contribution in [3.8, 4) is 0 Å². The van der Waals surface area contributed by atoms with Gasteiger partial charge in [-0.05, 0) is 32.4 Å². The molecule has 1 aliphatic rings. The summed E-state index contributed by atoms with van der Waals surface area (Å²) in [7, 11) is 0. The molecule has 0 spiro atoms. The molecule has 2 rings (SSSR count). The van der Waals surface area contributed by atoms with Crippen LogP contribution in [0.25, 0.3) is 0 Å². The van der Waals surface area contributed by atoms with Gasteiger partial charge in [-0.15, -0.1) is 0 Å². The summed E-state index contributed by atoms with van der Waals surface area (Å²) >= 11 is 0. The molecule has 0 radical (unpaired) electrons. The van der Waals surface area contributed by atoms with Gasteiger partial charge in [0.05, 0.1) is 18.9 Å². The maximum atomic E-state index is 5.57. The summed E-state index contributed by atoms with van der Waals surface area (Å²) in [5, 5.41) is 8.29. The Morgan fingerprint density at radius 2 is 2.14 bits per heavy atom. The highest BCUT2D eigenvalue weighted by molar-refractivity contribution is 5.02. The number of ether oxygens (including phenoxy) is 2. The Balaban J connectivity index is 1.91. The van der Waals surface area contributed by atoms with E-state index >= 15 is 0 Å². The lowest BCUT2D eigenvalue weighted by atomic mass is 10.1. The third kappa shape index (κ3) is 5.09. The lowest BCUT2D eigenvalue weighted by molar-refractivity contribution is -0.0526. The maximum absolute atomic E-state index is 5.57. The Labute approximate surface area is 128 Å². The number of aromatic nitrogens is 2. The highest BCUT2D eigenvalue weighted by atomic mass is 16.7. The molecule has 2 atom stereocenters. The van der Waals surface area contributed by atoms with Gasteiger partial charge in [0.1, 0.15) is 0 Å². The zero-order chi connectivity index (χ0) is 15.1. The van der Waals surface area contributed by atoms with Gasteiger partial charge in [0.2, 0.25) is 0 Å². The number of nitrogens with one attached hydrogen (secondary N) is 1. The predicted octanol–water partition coefficient (Wildman–Crippen LogP) is 2.53. The molecule has 5 nitrogen and oxygen atoms in total. The van der Waals surface area contributed by atoms with Crippen LogP contribution in [0.1, 0.15) is 51.8 Å². The van der Waals surface area contributed by atoms with Crippen molar-refractivity contribution < 1.29 is 9.47 Å². The molecule has 0 amide bonds. The van der Waals surface area contributed by atoms with Gasteiger partial charge in [0.15, 0.2) is 6.29 Å². The van der Waals surface area contributed by atoms with E-state index in [9.17, 15) is 0 Å². The highest BCUT2D eigenvalue weighted by Gasteiger charge is 2.22. The Morgan fingerprint density at radius 1 is 1.38 bits per heavy atom. The quantitative estimate of drug-likeness (QED) is 0.760. The number of hydrogen-bond acceptors (Lipinski definition) is 4. The Hall–Kier alpha value is -0.910. The summed E-state index contributed by atoms with van der Waals surface area (Å²) in [4.78, 5) is 0. The van der Waals surface area contributed by atoms with Gasteiger partial charge in [0.25, 0.3) is 0 Å². The average molecular weight is 295 g/mol. The minimum atomic E-state index is -0.0593. The molecule has 1 aliphatic heterocycles. The zero-order valence-electron chi connectivity index (χ0n) is 13.5. The van der Waals surface area contributed by atoms with Crippen LogP contribution in [-0.4, -0.2) is 41.9 Å². The van der Waals surface area contributed by atoms with E-state index in [1.807, 2.05) is 0 Å². The van der Waals surface area contributed by atoms with Crippen molar-refractivity contribution in [3.05, 3.63) is 18.0 Å². The van der Waals surface area contributed by atoms with Crippen molar-refractivity contribution in [2.45, 2.75) is 64.8 Å². The smallest absolute Gasteiger partial charge is 0.159 e. The summed E-state index contributed by atoms with van der Waals surface area (Å²) in [6.45, 7) is 9.02. The summed E-state index contributed by atoms with van der Waals surface area (Å²) in [6, 6.07) is 2.94. The second-order valence-electron chi connectivity index (χ2n) is 5.81. The van der Waals surface area contributed by atoms with E-state index in [-0.39, 0.29) is 6.29 Å². The van der Waals surface area contributed by atoms with E-state index in [1.54, 1.807) is 0 Å². The number of hydrogen-bond donors (Lipinski definition) is 1. The fourth-order valence-electron chi connectivity index (χ4n) is 2.53. The third-order valence-electron chi connectivity index (χ3n) is 4.01. The first-order valence-corrected chi connectivity index (χ1v) is 8.23. The second-order valence-corrected chi connectivity index (χ2v) is 5.81.